The molecule has 5 heteroatoms. The first-order valence-corrected chi connectivity index (χ1v) is 6.37. The number of aryl methyl sites for hydroxylation is 1. The van der Waals surface area contributed by atoms with E-state index in [1.807, 2.05) is 0 Å². The predicted molar refractivity (Wildman–Crippen MR) is 69.5 cm³/mol. The molecular weight excluding hydrogens is 232 g/mol. The number of rotatable bonds is 6. The molecule has 0 bridgehead atoms. The van der Waals surface area contributed by atoms with E-state index in [1.54, 1.807) is 16.8 Å². The highest BCUT2D eigenvalue weighted by molar-refractivity contribution is 5.33. The highest BCUT2D eigenvalue weighted by atomic mass is 16.5. The molecule has 1 unspecified atom stereocenters. The molecule has 0 spiro atoms. The molecule has 1 atom stereocenters. The highest BCUT2D eigenvalue weighted by Crippen LogP contribution is 2.12. The minimum Gasteiger partial charge on any atom is -0.398 e. The van der Waals surface area contributed by atoms with E-state index in [0.29, 0.717) is 24.8 Å². The quantitative estimate of drug-likeness (QED) is 0.763. The molecule has 18 heavy (non-hydrogen) atoms. The molecule has 2 rings (SSSR count). The van der Waals surface area contributed by atoms with Gasteiger partial charge in [0.2, 0.25) is 0 Å². The topological polar surface area (TPSA) is 66.5 Å². The summed E-state index contributed by atoms with van der Waals surface area (Å²) in [4.78, 5) is 11.5. The summed E-state index contributed by atoms with van der Waals surface area (Å²) >= 11 is 0. The maximum Gasteiger partial charge on any atom is 0.250 e. The van der Waals surface area contributed by atoms with Crippen LogP contribution in [-0.4, -0.2) is 31.0 Å². The van der Waals surface area contributed by atoms with Crippen LogP contribution in [0.25, 0.3) is 0 Å². The van der Waals surface area contributed by atoms with Crippen molar-refractivity contribution in [2.75, 3.05) is 32.2 Å². The van der Waals surface area contributed by atoms with Crippen molar-refractivity contribution in [3.05, 3.63) is 28.7 Å². The van der Waals surface area contributed by atoms with Gasteiger partial charge in [-0.3, -0.25) is 4.79 Å². The fraction of sp³-hybridized carbons (Fsp3) is 0.615. The zero-order valence-corrected chi connectivity index (χ0v) is 10.5. The minimum absolute atomic E-state index is 0.0200. The van der Waals surface area contributed by atoms with Crippen LogP contribution in [0.1, 0.15) is 12.8 Å². The highest BCUT2D eigenvalue weighted by Gasteiger charge is 2.15. The third kappa shape index (κ3) is 3.85. The Balaban J connectivity index is 1.65. The van der Waals surface area contributed by atoms with Gasteiger partial charge in [-0.2, -0.15) is 0 Å². The van der Waals surface area contributed by atoms with Gasteiger partial charge in [0, 0.05) is 43.6 Å². The number of pyridine rings is 1. The van der Waals surface area contributed by atoms with E-state index in [-0.39, 0.29) is 5.56 Å². The summed E-state index contributed by atoms with van der Waals surface area (Å²) < 4.78 is 12.5. The number of nitrogen functional groups attached to an aromatic ring is 1. The molecule has 1 fully saturated rings. The van der Waals surface area contributed by atoms with Crippen molar-refractivity contribution >= 4 is 5.69 Å². The smallest absolute Gasteiger partial charge is 0.250 e. The van der Waals surface area contributed by atoms with Crippen LogP contribution in [0.3, 0.4) is 0 Å². The van der Waals surface area contributed by atoms with E-state index in [1.165, 1.54) is 6.07 Å². The Morgan fingerprint density at radius 1 is 1.50 bits per heavy atom. The number of aromatic nitrogens is 1. The van der Waals surface area contributed by atoms with Crippen LogP contribution in [0, 0.1) is 5.92 Å². The molecule has 1 aliphatic rings. The number of hydrogen-bond donors (Lipinski definition) is 1. The van der Waals surface area contributed by atoms with Gasteiger partial charge in [0.15, 0.2) is 0 Å². The lowest BCUT2D eigenvalue weighted by molar-refractivity contribution is 0.0863. The van der Waals surface area contributed by atoms with Crippen molar-refractivity contribution in [3.8, 4) is 0 Å². The lowest BCUT2D eigenvalue weighted by Crippen LogP contribution is -2.20. The number of ether oxygens (including phenoxy) is 2. The largest absolute Gasteiger partial charge is 0.398 e. The molecule has 1 aromatic heterocycles. The third-order valence-electron chi connectivity index (χ3n) is 3.07. The van der Waals surface area contributed by atoms with Crippen molar-refractivity contribution in [1.82, 2.24) is 4.57 Å². The SMILES string of the molecule is Nc1ccc(=O)n(CCCOCC2CCOC2)c1. The number of nitrogens with zero attached hydrogens (tertiary/aromatic N) is 1. The van der Waals surface area contributed by atoms with Gasteiger partial charge in [-0.25, -0.2) is 0 Å². The molecule has 2 N–H and O–H groups in total. The van der Waals surface area contributed by atoms with Crippen molar-refractivity contribution < 1.29 is 9.47 Å². The molecule has 100 valence electrons. The van der Waals surface area contributed by atoms with Crippen LogP contribution in [0.2, 0.25) is 0 Å². The summed E-state index contributed by atoms with van der Waals surface area (Å²) in [7, 11) is 0. The average molecular weight is 252 g/mol. The Morgan fingerprint density at radius 3 is 3.17 bits per heavy atom. The number of hydrogen-bond acceptors (Lipinski definition) is 4. The molecular formula is C13H20N2O3. The number of anilines is 1. The molecule has 1 aliphatic heterocycles. The molecule has 5 nitrogen and oxygen atoms in total. The molecule has 0 aliphatic carbocycles. The summed E-state index contributed by atoms with van der Waals surface area (Å²) in [6.07, 6.45) is 3.58. The van der Waals surface area contributed by atoms with Crippen LogP contribution >= 0.6 is 0 Å². The van der Waals surface area contributed by atoms with Gasteiger partial charge in [-0.15, -0.1) is 0 Å². The maximum atomic E-state index is 11.5. The van der Waals surface area contributed by atoms with E-state index < -0.39 is 0 Å². The van der Waals surface area contributed by atoms with E-state index in [0.717, 1.165) is 32.7 Å². The summed E-state index contributed by atoms with van der Waals surface area (Å²) in [5.41, 5.74) is 6.23. The second kappa shape index (κ2) is 6.56. The standard InChI is InChI=1S/C13H20N2O3/c14-12-2-3-13(16)15(8-12)5-1-6-17-9-11-4-7-18-10-11/h2-3,8,11H,1,4-7,9-10,14H2. The molecule has 0 radical (unpaired) electrons. The van der Waals surface area contributed by atoms with Crippen LogP contribution in [0.15, 0.2) is 23.1 Å². The van der Waals surface area contributed by atoms with Crippen molar-refractivity contribution in [2.45, 2.75) is 19.4 Å². The Labute approximate surface area is 107 Å². The van der Waals surface area contributed by atoms with Gasteiger partial charge in [-0.05, 0) is 18.9 Å². The van der Waals surface area contributed by atoms with Crippen LogP contribution < -0.4 is 11.3 Å². The molecule has 0 amide bonds. The van der Waals surface area contributed by atoms with E-state index >= 15 is 0 Å². The lowest BCUT2D eigenvalue weighted by Gasteiger charge is -2.09. The molecule has 2 heterocycles. The second-order valence-corrected chi connectivity index (χ2v) is 4.65. The lowest BCUT2D eigenvalue weighted by atomic mass is 10.1. The predicted octanol–water partition coefficient (Wildman–Crippen LogP) is 0.874. The van der Waals surface area contributed by atoms with Crippen molar-refractivity contribution in [3.63, 3.8) is 0 Å². The molecule has 0 saturated carbocycles. The van der Waals surface area contributed by atoms with Gasteiger partial charge in [0.05, 0.1) is 13.2 Å². The summed E-state index contributed by atoms with van der Waals surface area (Å²) in [5.74, 6) is 0.542. The van der Waals surface area contributed by atoms with Crippen LogP contribution in [-0.2, 0) is 16.0 Å². The van der Waals surface area contributed by atoms with Gasteiger partial charge >= 0.3 is 0 Å². The van der Waals surface area contributed by atoms with Crippen molar-refractivity contribution in [2.24, 2.45) is 5.92 Å². The first kappa shape index (κ1) is 13.1. The Morgan fingerprint density at radius 2 is 2.39 bits per heavy atom. The fourth-order valence-electron chi connectivity index (χ4n) is 2.03. The monoisotopic (exact) mass is 252 g/mol. The summed E-state index contributed by atoms with van der Waals surface area (Å²) in [6.45, 7) is 3.73. The maximum absolute atomic E-state index is 11.5. The average Bonchev–Trinajstić information content (AvgIpc) is 2.86. The van der Waals surface area contributed by atoms with E-state index in [4.69, 9.17) is 15.2 Å². The van der Waals surface area contributed by atoms with Crippen LogP contribution in [0.5, 0.6) is 0 Å². The van der Waals surface area contributed by atoms with Gasteiger partial charge in [-0.1, -0.05) is 0 Å². The molecule has 1 saturated heterocycles. The van der Waals surface area contributed by atoms with E-state index in [2.05, 4.69) is 0 Å². The van der Waals surface area contributed by atoms with Gasteiger partial charge in [0.1, 0.15) is 0 Å². The summed E-state index contributed by atoms with van der Waals surface area (Å²) in [5, 5.41) is 0. The zero-order valence-electron chi connectivity index (χ0n) is 10.5. The number of nitrogens with two attached hydrogens (primary N) is 1. The Bertz CT molecular complexity index is 424. The third-order valence-corrected chi connectivity index (χ3v) is 3.07. The van der Waals surface area contributed by atoms with E-state index in [9.17, 15) is 4.79 Å². The second-order valence-electron chi connectivity index (χ2n) is 4.65. The Kier molecular flexibility index (Phi) is 4.78. The first-order chi connectivity index (χ1) is 8.75. The minimum atomic E-state index is -0.0200. The van der Waals surface area contributed by atoms with Crippen LogP contribution in [0.4, 0.5) is 5.69 Å². The van der Waals surface area contributed by atoms with Gasteiger partial charge < -0.3 is 19.8 Å². The zero-order chi connectivity index (χ0) is 12.8. The fourth-order valence-corrected chi connectivity index (χ4v) is 2.03. The van der Waals surface area contributed by atoms with Crippen molar-refractivity contribution in [1.29, 1.82) is 0 Å². The summed E-state index contributed by atoms with van der Waals surface area (Å²) in [6, 6.07) is 3.11. The molecule has 1 aromatic rings. The first-order valence-electron chi connectivity index (χ1n) is 6.37. The normalized spacial score (nSPS) is 19.2. The molecule has 0 aromatic carbocycles. The van der Waals surface area contributed by atoms with Gasteiger partial charge in [0.25, 0.3) is 5.56 Å². The Hall–Kier alpha value is -1.33.